The molecule has 2 rings (SSSR count). The molecule has 0 atom stereocenters. The van der Waals surface area contributed by atoms with Crippen LogP contribution >= 0.6 is 11.8 Å². The van der Waals surface area contributed by atoms with Crippen molar-refractivity contribution >= 4 is 17.6 Å². The summed E-state index contributed by atoms with van der Waals surface area (Å²) < 4.78 is 15.9. The van der Waals surface area contributed by atoms with Gasteiger partial charge >= 0.3 is 0 Å². The average Bonchev–Trinajstić information content (AvgIpc) is 2.73. The Balaban J connectivity index is 2.17. The van der Waals surface area contributed by atoms with Crippen LogP contribution in [-0.4, -0.2) is 15.4 Å². The number of aromatic nitrogens is 2. The second-order valence-corrected chi connectivity index (χ2v) is 4.74. The molecular formula is C12H13FN4S. The molecule has 0 radical (unpaired) electrons. The van der Waals surface area contributed by atoms with Crippen molar-refractivity contribution in [3.63, 3.8) is 0 Å². The van der Waals surface area contributed by atoms with Crippen molar-refractivity contribution in [2.45, 2.75) is 10.9 Å². The van der Waals surface area contributed by atoms with E-state index in [-0.39, 0.29) is 11.4 Å². The lowest BCUT2D eigenvalue weighted by molar-refractivity contribution is 0.614. The highest BCUT2D eigenvalue weighted by Crippen LogP contribution is 2.23. The van der Waals surface area contributed by atoms with Gasteiger partial charge in [-0.15, -0.1) is 0 Å². The predicted molar refractivity (Wildman–Crippen MR) is 70.2 cm³/mol. The number of hydrogen-bond donors (Lipinski definition) is 2. The van der Waals surface area contributed by atoms with Crippen molar-refractivity contribution in [3.05, 3.63) is 47.5 Å². The van der Waals surface area contributed by atoms with E-state index in [1.54, 1.807) is 18.3 Å². The molecule has 0 bridgehead atoms. The molecule has 2 aromatic rings. The number of nitrogen functional groups attached to an aromatic ring is 1. The van der Waals surface area contributed by atoms with E-state index in [2.05, 4.69) is 4.98 Å². The Bertz CT molecular complexity index is 579. The summed E-state index contributed by atoms with van der Waals surface area (Å²) in [6, 6.07) is 4.90. The first kappa shape index (κ1) is 12.6. The molecule has 0 saturated heterocycles. The minimum atomic E-state index is -0.424. The topological polar surface area (TPSA) is 67.7 Å². The quantitative estimate of drug-likeness (QED) is 0.505. The third-order valence-corrected chi connectivity index (χ3v) is 3.61. The van der Waals surface area contributed by atoms with E-state index in [4.69, 9.17) is 11.1 Å². The van der Waals surface area contributed by atoms with Gasteiger partial charge in [0, 0.05) is 25.2 Å². The van der Waals surface area contributed by atoms with Crippen molar-refractivity contribution in [3.8, 4) is 0 Å². The summed E-state index contributed by atoms with van der Waals surface area (Å²) in [4.78, 5) is 4.15. The van der Waals surface area contributed by atoms with Crippen molar-refractivity contribution in [2.75, 3.05) is 0 Å². The van der Waals surface area contributed by atoms with Crippen molar-refractivity contribution in [1.29, 1.82) is 5.41 Å². The Morgan fingerprint density at radius 3 is 2.94 bits per heavy atom. The van der Waals surface area contributed by atoms with Crippen LogP contribution < -0.4 is 5.73 Å². The zero-order valence-corrected chi connectivity index (χ0v) is 10.7. The van der Waals surface area contributed by atoms with Crippen LogP contribution in [0.2, 0.25) is 0 Å². The number of benzene rings is 1. The van der Waals surface area contributed by atoms with Gasteiger partial charge in [-0.2, -0.15) is 0 Å². The Morgan fingerprint density at radius 2 is 2.33 bits per heavy atom. The summed E-state index contributed by atoms with van der Waals surface area (Å²) in [5, 5.41) is 8.11. The smallest absolute Gasteiger partial charge is 0.167 e. The Hall–Kier alpha value is -1.82. The van der Waals surface area contributed by atoms with E-state index >= 15 is 0 Å². The SMILES string of the molecule is Cn1ccnc1SCc1cccc(C(=N)N)c1F. The molecular weight excluding hydrogens is 251 g/mol. The molecule has 0 unspecified atom stereocenters. The van der Waals surface area contributed by atoms with Crippen LogP contribution in [0.25, 0.3) is 0 Å². The summed E-state index contributed by atoms with van der Waals surface area (Å²) >= 11 is 1.44. The molecule has 0 fully saturated rings. The van der Waals surface area contributed by atoms with Gasteiger partial charge in [-0.3, -0.25) is 5.41 Å². The zero-order valence-electron chi connectivity index (χ0n) is 9.85. The molecule has 6 heteroatoms. The van der Waals surface area contributed by atoms with Gasteiger partial charge in [0.15, 0.2) is 5.16 Å². The maximum absolute atomic E-state index is 14.0. The monoisotopic (exact) mass is 264 g/mol. The van der Waals surface area contributed by atoms with Crippen LogP contribution in [-0.2, 0) is 12.8 Å². The highest BCUT2D eigenvalue weighted by atomic mass is 32.2. The minimum Gasteiger partial charge on any atom is -0.384 e. The average molecular weight is 264 g/mol. The lowest BCUT2D eigenvalue weighted by Gasteiger charge is -2.07. The van der Waals surface area contributed by atoms with Crippen LogP contribution in [0.3, 0.4) is 0 Å². The first-order valence-corrected chi connectivity index (χ1v) is 6.30. The maximum atomic E-state index is 14.0. The van der Waals surface area contributed by atoms with E-state index in [0.717, 1.165) is 5.16 Å². The van der Waals surface area contributed by atoms with E-state index in [1.165, 1.54) is 17.8 Å². The largest absolute Gasteiger partial charge is 0.384 e. The summed E-state index contributed by atoms with van der Waals surface area (Å²) in [5.74, 6) is -0.222. The van der Waals surface area contributed by atoms with Gasteiger partial charge < -0.3 is 10.3 Å². The number of nitrogens with two attached hydrogens (primary N) is 1. The van der Waals surface area contributed by atoms with E-state index in [1.807, 2.05) is 17.8 Å². The van der Waals surface area contributed by atoms with E-state index in [0.29, 0.717) is 11.3 Å². The van der Waals surface area contributed by atoms with Crippen molar-refractivity contribution in [1.82, 2.24) is 9.55 Å². The van der Waals surface area contributed by atoms with Crippen LogP contribution in [0.4, 0.5) is 4.39 Å². The third-order valence-electron chi connectivity index (χ3n) is 2.50. The van der Waals surface area contributed by atoms with Crippen molar-refractivity contribution in [2.24, 2.45) is 12.8 Å². The van der Waals surface area contributed by atoms with Crippen molar-refractivity contribution < 1.29 is 4.39 Å². The van der Waals surface area contributed by atoms with Gasteiger partial charge in [-0.25, -0.2) is 9.37 Å². The molecule has 18 heavy (non-hydrogen) atoms. The summed E-state index contributed by atoms with van der Waals surface area (Å²) in [6.45, 7) is 0. The molecule has 3 N–H and O–H groups in total. The number of thioether (sulfide) groups is 1. The number of rotatable bonds is 4. The van der Waals surface area contributed by atoms with Gasteiger partial charge in [0.25, 0.3) is 0 Å². The number of halogens is 1. The lowest BCUT2D eigenvalue weighted by atomic mass is 10.1. The molecule has 0 aliphatic carbocycles. The molecule has 0 spiro atoms. The number of nitrogens with zero attached hydrogens (tertiary/aromatic N) is 2. The number of aryl methyl sites for hydroxylation is 1. The first-order chi connectivity index (χ1) is 8.59. The Morgan fingerprint density at radius 1 is 1.56 bits per heavy atom. The molecule has 1 heterocycles. The summed E-state index contributed by atoms with van der Waals surface area (Å²) in [6.07, 6.45) is 3.54. The van der Waals surface area contributed by atoms with E-state index < -0.39 is 5.82 Å². The minimum absolute atomic E-state index is 0.146. The lowest BCUT2D eigenvalue weighted by Crippen LogP contribution is -2.14. The fourth-order valence-electron chi connectivity index (χ4n) is 1.53. The van der Waals surface area contributed by atoms with Crippen LogP contribution in [0.1, 0.15) is 11.1 Å². The fourth-order valence-corrected chi connectivity index (χ4v) is 2.44. The van der Waals surface area contributed by atoms with Crippen LogP contribution in [0.15, 0.2) is 35.7 Å². The van der Waals surface area contributed by atoms with Gasteiger partial charge in [0.1, 0.15) is 11.7 Å². The molecule has 4 nitrogen and oxygen atoms in total. The molecule has 0 aliphatic heterocycles. The number of imidazole rings is 1. The highest BCUT2D eigenvalue weighted by Gasteiger charge is 2.11. The zero-order chi connectivity index (χ0) is 13.1. The normalized spacial score (nSPS) is 10.6. The van der Waals surface area contributed by atoms with Gasteiger partial charge in [0.05, 0.1) is 5.56 Å². The Kier molecular flexibility index (Phi) is 3.66. The van der Waals surface area contributed by atoms with Gasteiger partial charge in [0.2, 0.25) is 0 Å². The fraction of sp³-hybridized carbons (Fsp3) is 0.167. The standard InChI is InChI=1S/C12H13FN4S/c1-17-6-5-16-12(17)18-7-8-3-2-4-9(10(8)13)11(14)15/h2-6H,7H2,1H3,(H3,14,15). The van der Waals surface area contributed by atoms with Crippen LogP contribution in [0.5, 0.6) is 0 Å². The van der Waals surface area contributed by atoms with Gasteiger partial charge in [-0.1, -0.05) is 23.9 Å². The maximum Gasteiger partial charge on any atom is 0.167 e. The molecule has 0 saturated carbocycles. The van der Waals surface area contributed by atoms with E-state index in [9.17, 15) is 4.39 Å². The molecule has 0 aliphatic rings. The van der Waals surface area contributed by atoms with Gasteiger partial charge in [-0.05, 0) is 11.6 Å². The predicted octanol–water partition coefficient (Wildman–Crippen LogP) is 2.14. The first-order valence-electron chi connectivity index (χ1n) is 5.31. The molecule has 0 amide bonds. The summed E-state index contributed by atoms with van der Waals surface area (Å²) in [5.41, 5.74) is 5.99. The second kappa shape index (κ2) is 5.22. The molecule has 94 valence electrons. The second-order valence-electron chi connectivity index (χ2n) is 3.80. The van der Waals surface area contributed by atoms with Crippen LogP contribution in [0, 0.1) is 11.2 Å². The number of nitrogens with one attached hydrogen (secondary N) is 1. The molecule has 1 aromatic carbocycles. The Labute approximate surface area is 109 Å². The third kappa shape index (κ3) is 2.53. The molecule has 1 aromatic heterocycles. The number of amidine groups is 1. The summed E-state index contributed by atoms with van der Waals surface area (Å²) in [7, 11) is 1.89. The highest BCUT2D eigenvalue weighted by molar-refractivity contribution is 7.98. The number of hydrogen-bond acceptors (Lipinski definition) is 3.